The standard InChI is InChI=1S/C34H34/c1-21-11-10-14-28-31(21)26-12-8-9-13-27(26)34(28)29-19-22(32(2,3)4)15-17-24(29)25-18-16-23(20-30(25)34)33(5,6)7/h8-20H,1-7H3. The molecule has 0 N–H and O–H groups in total. The normalized spacial score (nSPS) is 15.1. The Morgan fingerprint density at radius 1 is 0.500 bits per heavy atom. The highest BCUT2D eigenvalue weighted by molar-refractivity contribution is 5.96. The van der Waals surface area contributed by atoms with E-state index >= 15 is 0 Å². The molecule has 0 aromatic heterocycles. The third-order valence-electron chi connectivity index (χ3n) is 8.15. The second kappa shape index (κ2) is 6.72. The van der Waals surface area contributed by atoms with Crippen molar-refractivity contribution in [2.24, 2.45) is 0 Å². The molecule has 0 atom stereocenters. The van der Waals surface area contributed by atoms with Gasteiger partial charge in [0.15, 0.2) is 0 Å². The van der Waals surface area contributed by atoms with Crippen molar-refractivity contribution in [3.05, 3.63) is 118 Å². The molecule has 2 aliphatic rings. The van der Waals surface area contributed by atoms with Crippen LogP contribution in [-0.2, 0) is 16.2 Å². The summed E-state index contributed by atoms with van der Waals surface area (Å²) in [4.78, 5) is 0. The predicted molar refractivity (Wildman–Crippen MR) is 145 cm³/mol. The first-order chi connectivity index (χ1) is 16.0. The van der Waals surface area contributed by atoms with Crippen molar-refractivity contribution >= 4 is 0 Å². The number of rotatable bonds is 0. The number of benzene rings is 4. The molecule has 0 fully saturated rings. The minimum absolute atomic E-state index is 0.0924. The monoisotopic (exact) mass is 442 g/mol. The Morgan fingerprint density at radius 2 is 1.03 bits per heavy atom. The van der Waals surface area contributed by atoms with Gasteiger partial charge >= 0.3 is 0 Å². The van der Waals surface area contributed by atoms with Crippen LogP contribution in [0.15, 0.2) is 78.9 Å². The van der Waals surface area contributed by atoms with Gasteiger partial charge in [-0.25, -0.2) is 0 Å². The van der Waals surface area contributed by atoms with Gasteiger partial charge in [-0.3, -0.25) is 0 Å². The zero-order valence-corrected chi connectivity index (χ0v) is 21.5. The van der Waals surface area contributed by atoms with E-state index in [1.807, 2.05) is 0 Å². The molecule has 0 nitrogen and oxygen atoms in total. The van der Waals surface area contributed by atoms with E-state index in [4.69, 9.17) is 0 Å². The van der Waals surface area contributed by atoms with E-state index in [2.05, 4.69) is 127 Å². The molecular weight excluding hydrogens is 408 g/mol. The summed E-state index contributed by atoms with van der Waals surface area (Å²) in [5, 5.41) is 0. The zero-order chi connectivity index (χ0) is 24.0. The van der Waals surface area contributed by atoms with E-state index in [0.29, 0.717) is 0 Å². The van der Waals surface area contributed by atoms with Crippen molar-refractivity contribution in [2.75, 3.05) is 0 Å². The van der Waals surface area contributed by atoms with E-state index in [9.17, 15) is 0 Å². The molecule has 0 amide bonds. The van der Waals surface area contributed by atoms with E-state index in [-0.39, 0.29) is 16.2 Å². The largest absolute Gasteiger partial charge is 0.0725 e. The second-order valence-corrected chi connectivity index (χ2v) is 12.3. The lowest BCUT2D eigenvalue weighted by molar-refractivity contribution is 0.586. The third-order valence-corrected chi connectivity index (χ3v) is 8.15. The van der Waals surface area contributed by atoms with Crippen LogP contribution in [0.5, 0.6) is 0 Å². The van der Waals surface area contributed by atoms with Crippen molar-refractivity contribution in [3.8, 4) is 22.3 Å². The highest BCUT2D eigenvalue weighted by Crippen LogP contribution is 2.63. The Labute approximate surface area is 204 Å². The van der Waals surface area contributed by atoms with Gasteiger partial charge < -0.3 is 0 Å². The lowest BCUT2D eigenvalue weighted by Crippen LogP contribution is -2.27. The van der Waals surface area contributed by atoms with Gasteiger partial charge in [-0.2, -0.15) is 0 Å². The molecule has 0 saturated carbocycles. The average Bonchev–Trinajstić information content (AvgIpc) is 3.25. The van der Waals surface area contributed by atoms with Gasteiger partial charge in [0, 0.05) is 0 Å². The predicted octanol–water partition coefficient (Wildman–Crippen LogP) is 8.93. The summed E-state index contributed by atoms with van der Waals surface area (Å²) >= 11 is 0. The molecular formula is C34H34. The maximum absolute atomic E-state index is 2.51. The summed E-state index contributed by atoms with van der Waals surface area (Å²) in [6, 6.07) is 30.5. The molecule has 2 aliphatic carbocycles. The Balaban J connectivity index is 1.82. The first kappa shape index (κ1) is 21.4. The van der Waals surface area contributed by atoms with Crippen LogP contribution in [0, 0.1) is 6.92 Å². The number of aryl methyl sites for hydroxylation is 1. The van der Waals surface area contributed by atoms with E-state index < -0.39 is 0 Å². The van der Waals surface area contributed by atoms with Crippen LogP contribution in [0.4, 0.5) is 0 Å². The minimum atomic E-state index is -0.273. The summed E-state index contributed by atoms with van der Waals surface area (Å²) < 4.78 is 0. The lowest BCUT2D eigenvalue weighted by Gasteiger charge is -2.32. The Hall–Kier alpha value is -3.12. The molecule has 0 radical (unpaired) electrons. The van der Waals surface area contributed by atoms with Crippen LogP contribution >= 0.6 is 0 Å². The summed E-state index contributed by atoms with van der Waals surface area (Å²) in [5.41, 5.74) is 15.4. The van der Waals surface area contributed by atoms with Gasteiger partial charge in [0.1, 0.15) is 0 Å². The number of hydrogen-bond acceptors (Lipinski definition) is 0. The molecule has 0 heterocycles. The van der Waals surface area contributed by atoms with Crippen LogP contribution in [0.2, 0.25) is 0 Å². The van der Waals surface area contributed by atoms with Gasteiger partial charge in [-0.1, -0.05) is 120 Å². The number of hydrogen-bond donors (Lipinski definition) is 0. The second-order valence-electron chi connectivity index (χ2n) is 12.3. The van der Waals surface area contributed by atoms with Crippen molar-refractivity contribution < 1.29 is 0 Å². The Kier molecular flexibility index (Phi) is 4.24. The molecule has 0 saturated heterocycles. The molecule has 0 heteroatoms. The van der Waals surface area contributed by atoms with E-state index in [1.54, 1.807) is 0 Å². The highest BCUT2D eigenvalue weighted by Gasteiger charge is 2.52. The van der Waals surface area contributed by atoms with Crippen LogP contribution in [0.3, 0.4) is 0 Å². The van der Waals surface area contributed by atoms with Crippen LogP contribution < -0.4 is 0 Å². The maximum Gasteiger partial charge on any atom is 0.0725 e. The maximum atomic E-state index is 2.51. The van der Waals surface area contributed by atoms with E-state index in [1.165, 1.54) is 61.2 Å². The zero-order valence-electron chi connectivity index (χ0n) is 21.5. The third kappa shape index (κ3) is 2.66. The number of fused-ring (bicyclic) bond motifs is 10. The minimum Gasteiger partial charge on any atom is -0.0619 e. The van der Waals surface area contributed by atoms with Crippen molar-refractivity contribution in [1.29, 1.82) is 0 Å². The fourth-order valence-electron chi connectivity index (χ4n) is 6.35. The topological polar surface area (TPSA) is 0 Å². The molecule has 1 spiro atoms. The molecule has 4 aromatic carbocycles. The molecule has 0 aliphatic heterocycles. The molecule has 0 unspecified atom stereocenters. The van der Waals surface area contributed by atoms with Crippen molar-refractivity contribution in [2.45, 2.75) is 64.7 Å². The molecule has 4 aromatic rings. The molecule has 6 rings (SSSR count). The smallest absolute Gasteiger partial charge is 0.0619 e. The van der Waals surface area contributed by atoms with Gasteiger partial charge in [-0.15, -0.1) is 0 Å². The summed E-state index contributed by atoms with van der Waals surface area (Å²) in [6.45, 7) is 16.2. The summed E-state index contributed by atoms with van der Waals surface area (Å²) in [5.74, 6) is 0. The lowest BCUT2D eigenvalue weighted by atomic mass is 9.68. The Bertz CT molecular complexity index is 1400. The van der Waals surface area contributed by atoms with Gasteiger partial charge in [0.05, 0.1) is 5.41 Å². The first-order valence-electron chi connectivity index (χ1n) is 12.5. The quantitative estimate of drug-likeness (QED) is 0.220. The SMILES string of the molecule is Cc1cccc2c1-c1ccccc1C21c2cc(C(C)(C)C)ccc2-c2ccc(C(C)(C)C)cc21. The van der Waals surface area contributed by atoms with Gasteiger partial charge in [0.2, 0.25) is 0 Å². The highest BCUT2D eigenvalue weighted by atomic mass is 14.5. The summed E-state index contributed by atoms with van der Waals surface area (Å²) in [7, 11) is 0. The van der Waals surface area contributed by atoms with Crippen molar-refractivity contribution in [3.63, 3.8) is 0 Å². The Morgan fingerprint density at radius 3 is 1.59 bits per heavy atom. The van der Waals surface area contributed by atoms with Crippen LogP contribution in [0.25, 0.3) is 22.3 Å². The molecule has 0 bridgehead atoms. The average molecular weight is 443 g/mol. The molecule has 34 heavy (non-hydrogen) atoms. The molecule has 170 valence electrons. The van der Waals surface area contributed by atoms with Gasteiger partial charge in [-0.05, 0) is 79.0 Å². The van der Waals surface area contributed by atoms with Crippen LogP contribution in [0.1, 0.15) is 80.5 Å². The van der Waals surface area contributed by atoms with Gasteiger partial charge in [0.25, 0.3) is 0 Å². The fraction of sp³-hybridized carbons (Fsp3) is 0.294. The van der Waals surface area contributed by atoms with Crippen LogP contribution in [-0.4, -0.2) is 0 Å². The fourth-order valence-corrected chi connectivity index (χ4v) is 6.35. The van der Waals surface area contributed by atoms with E-state index in [0.717, 1.165) is 0 Å². The first-order valence-corrected chi connectivity index (χ1v) is 12.5. The summed E-state index contributed by atoms with van der Waals surface area (Å²) in [6.07, 6.45) is 0. The van der Waals surface area contributed by atoms with Crippen molar-refractivity contribution in [1.82, 2.24) is 0 Å².